The number of para-hydroxylation sites is 2. The van der Waals surface area contributed by atoms with Crippen LogP contribution in [-0.4, -0.2) is 21.5 Å². The second-order valence-corrected chi connectivity index (χ2v) is 6.47. The largest absolute Gasteiger partial charge is 0.418 e. The molecule has 4 rings (SSSR count). The molecule has 0 radical (unpaired) electrons. The molecule has 2 heterocycles. The summed E-state index contributed by atoms with van der Waals surface area (Å²) in [6, 6.07) is 15.0. The molecule has 29 heavy (non-hydrogen) atoms. The minimum absolute atomic E-state index is 0.0871. The summed E-state index contributed by atoms with van der Waals surface area (Å²) in [7, 11) is 0. The topological polar surface area (TPSA) is 65.6 Å². The number of H-pyrrole nitrogens is 1. The van der Waals surface area contributed by atoms with Gasteiger partial charge in [-0.2, -0.15) is 18.2 Å². The molecule has 0 spiro atoms. The highest BCUT2D eigenvalue weighted by atomic mass is 19.4. The van der Waals surface area contributed by atoms with Gasteiger partial charge in [-0.05, 0) is 36.2 Å². The van der Waals surface area contributed by atoms with Crippen molar-refractivity contribution in [3.63, 3.8) is 0 Å². The molecule has 0 bridgehead atoms. The summed E-state index contributed by atoms with van der Waals surface area (Å²) in [6.45, 7) is 0.622. The van der Waals surface area contributed by atoms with Gasteiger partial charge in [-0.25, -0.2) is 4.98 Å². The first-order valence-electron chi connectivity index (χ1n) is 9.06. The highest BCUT2D eigenvalue weighted by Crippen LogP contribution is 2.35. The van der Waals surface area contributed by atoms with Crippen LogP contribution in [0.25, 0.3) is 10.9 Å². The molecule has 0 fully saturated rings. The van der Waals surface area contributed by atoms with E-state index in [1.165, 1.54) is 35.3 Å². The lowest BCUT2D eigenvalue weighted by molar-refractivity contribution is -0.136. The molecule has 0 amide bonds. The molecule has 4 aromatic rings. The fourth-order valence-electron chi connectivity index (χ4n) is 3.14. The van der Waals surface area contributed by atoms with Crippen LogP contribution in [0.15, 0.2) is 67.0 Å². The third-order valence-corrected chi connectivity index (χ3v) is 4.51. The maximum absolute atomic E-state index is 13.1. The van der Waals surface area contributed by atoms with Gasteiger partial charge in [-0.3, -0.25) is 0 Å². The van der Waals surface area contributed by atoms with Gasteiger partial charge in [0, 0.05) is 29.8 Å². The van der Waals surface area contributed by atoms with Crippen LogP contribution in [0.4, 0.5) is 30.6 Å². The van der Waals surface area contributed by atoms with Crippen molar-refractivity contribution in [2.24, 2.45) is 0 Å². The van der Waals surface area contributed by atoms with Crippen molar-refractivity contribution in [1.82, 2.24) is 15.0 Å². The Bertz CT molecular complexity index is 1120. The van der Waals surface area contributed by atoms with Crippen molar-refractivity contribution in [2.45, 2.75) is 12.6 Å². The van der Waals surface area contributed by atoms with Gasteiger partial charge in [0.1, 0.15) is 5.82 Å². The first-order valence-corrected chi connectivity index (χ1v) is 9.06. The van der Waals surface area contributed by atoms with Crippen molar-refractivity contribution in [3.05, 3.63) is 78.1 Å². The molecule has 0 unspecified atom stereocenters. The molecule has 0 aliphatic carbocycles. The Morgan fingerprint density at radius 1 is 0.966 bits per heavy atom. The molecular weight excluding hydrogens is 379 g/mol. The summed E-state index contributed by atoms with van der Waals surface area (Å²) in [6.07, 6.45) is -0.209. The molecule has 8 heteroatoms. The van der Waals surface area contributed by atoms with E-state index in [-0.39, 0.29) is 11.6 Å². The van der Waals surface area contributed by atoms with Gasteiger partial charge in [0.05, 0.1) is 11.3 Å². The Balaban J connectivity index is 1.43. The fraction of sp³-hybridized carbons (Fsp3) is 0.143. The van der Waals surface area contributed by atoms with Crippen molar-refractivity contribution in [3.8, 4) is 0 Å². The van der Waals surface area contributed by atoms with E-state index in [1.807, 2.05) is 24.4 Å². The number of nitrogens with one attached hydrogen (secondary N) is 3. The Hall–Kier alpha value is -3.55. The highest BCUT2D eigenvalue weighted by Gasteiger charge is 2.33. The lowest BCUT2D eigenvalue weighted by Crippen LogP contribution is -2.10. The molecule has 0 aliphatic heterocycles. The predicted octanol–water partition coefficient (Wildman–Crippen LogP) is 5.37. The van der Waals surface area contributed by atoms with Gasteiger partial charge in [0.15, 0.2) is 0 Å². The zero-order valence-corrected chi connectivity index (χ0v) is 15.3. The van der Waals surface area contributed by atoms with Crippen molar-refractivity contribution >= 4 is 28.4 Å². The van der Waals surface area contributed by atoms with E-state index < -0.39 is 11.7 Å². The SMILES string of the molecule is FC(F)(F)c1ccccc1Nc1nccc(NCCc2c[nH]c3ccccc23)n1. The second kappa shape index (κ2) is 7.83. The average molecular weight is 397 g/mol. The molecular formula is C21H18F3N5. The zero-order chi connectivity index (χ0) is 20.3. The van der Waals surface area contributed by atoms with Crippen LogP contribution in [0.2, 0.25) is 0 Å². The lowest BCUT2D eigenvalue weighted by Gasteiger charge is -2.14. The van der Waals surface area contributed by atoms with Crippen LogP contribution in [-0.2, 0) is 12.6 Å². The minimum atomic E-state index is -4.46. The molecule has 2 aromatic heterocycles. The number of benzene rings is 2. The first-order chi connectivity index (χ1) is 14.0. The number of halogens is 3. The van der Waals surface area contributed by atoms with Crippen LogP contribution >= 0.6 is 0 Å². The third kappa shape index (κ3) is 4.31. The number of alkyl halides is 3. The summed E-state index contributed by atoms with van der Waals surface area (Å²) in [5.74, 6) is 0.630. The zero-order valence-electron chi connectivity index (χ0n) is 15.3. The summed E-state index contributed by atoms with van der Waals surface area (Å²) in [5.41, 5.74) is 1.41. The highest BCUT2D eigenvalue weighted by molar-refractivity contribution is 5.83. The van der Waals surface area contributed by atoms with Gasteiger partial charge in [0.2, 0.25) is 5.95 Å². The number of aromatic nitrogens is 3. The Labute approximate surface area is 165 Å². The van der Waals surface area contributed by atoms with Crippen LogP contribution in [0.1, 0.15) is 11.1 Å². The maximum atomic E-state index is 13.1. The van der Waals surface area contributed by atoms with Gasteiger partial charge in [-0.15, -0.1) is 0 Å². The third-order valence-electron chi connectivity index (χ3n) is 4.51. The van der Waals surface area contributed by atoms with E-state index in [0.717, 1.165) is 18.0 Å². The fourth-order valence-corrected chi connectivity index (χ4v) is 3.14. The summed E-state index contributed by atoms with van der Waals surface area (Å²) < 4.78 is 39.4. The average Bonchev–Trinajstić information content (AvgIpc) is 3.11. The van der Waals surface area contributed by atoms with Crippen molar-refractivity contribution in [1.29, 1.82) is 0 Å². The van der Waals surface area contributed by atoms with Crippen LogP contribution in [0.5, 0.6) is 0 Å². The Morgan fingerprint density at radius 3 is 2.62 bits per heavy atom. The van der Waals surface area contributed by atoms with E-state index >= 15 is 0 Å². The van der Waals surface area contributed by atoms with Crippen LogP contribution < -0.4 is 10.6 Å². The van der Waals surface area contributed by atoms with Crippen molar-refractivity contribution < 1.29 is 13.2 Å². The van der Waals surface area contributed by atoms with E-state index in [0.29, 0.717) is 12.4 Å². The van der Waals surface area contributed by atoms with Gasteiger partial charge < -0.3 is 15.6 Å². The van der Waals surface area contributed by atoms with Gasteiger partial charge in [0.25, 0.3) is 0 Å². The van der Waals surface area contributed by atoms with Crippen molar-refractivity contribution in [2.75, 3.05) is 17.2 Å². The van der Waals surface area contributed by atoms with Gasteiger partial charge in [-0.1, -0.05) is 30.3 Å². The van der Waals surface area contributed by atoms with Crippen LogP contribution in [0.3, 0.4) is 0 Å². The molecule has 3 N–H and O–H groups in total. The summed E-state index contributed by atoms with van der Waals surface area (Å²) in [5, 5.41) is 7.02. The molecule has 148 valence electrons. The number of nitrogens with zero attached hydrogens (tertiary/aromatic N) is 2. The summed E-state index contributed by atoms with van der Waals surface area (Å²) >= 11 is 0. The predicted molar refractivity (Wildman–Crippen MR) is 107 cm³/mol. The number of fused-ring (bicyclic) bond motifs is 1. The standard InChI is InChI=1S/C21H18F3N5/c22-21(23,24)16-6-2-4-8-18(16)28-20-26-12-10-19(29-20)25-11-9-14-13-27-17-7-3-1-5-15(14)17/h1-8,10,12-13,27H,9,11H2,(H2,25,26,28,29). The number of rotatable bonds is 6. The van der Waals surface area contributed by atoms with E-state index in [9.17, 15) is 13.2 Å². The van der Waals surface area contributed by atoms with Crippen LogP contribution in [0, 0.1) is 0 Å². The lowest BCUT2D eigenvalue weighted by atomic mass is 10.1. The monoisotopic (exact) mass is 397 g/mol. The maximum Gasteiger partial charge on any atom is 0.418 e. The normalized spacial score (nSPS) is 11.6. The Morgan fingerprint density at radius 2 is 1.76 bits per heavy atom. The quantitative estimate of drug-likeness (QED) is 0.409. The second-order valence-electron chi connectivity index (χ2n) is 6.47. The minimum Gasteiger partial charge on any atom is -0.370 e. The smallest absolute Gasteiger partial charge is 0.370 e. The number of anilines is 3. The van der Waals surface area contributed by atoms with E-state index in [4.69, 9.17) is 0 Å². The number of hydrogen-bond acceptors (Lipinski definition) is 4. The first kappa shape index (κ1) is 18.8. The van der Waals surface area contributed by atoms with Gasteiger partial charge >= 0.3 is 6.18 Å². The molecule has 0 atom stereocenters. The molecule has 2 aromatic carbocycles. The van der Waals surface area contributed by atoms with E-state index in [1.54, 1.807) is 6.07 Å². The number of hydrogen-bond donors (Lipinski definition) is 3. The molecule has 0 saturated heterocycles. The summed E-state index contributed by atoms with van der Waals surface area (Å²) in [4.78, 5) is 11.5. The Kier molecular flexibility index (Phi) is 5.07. The molecule has 0 aliphatic rings. The number of aromatic amines is 1. The van der Waals surface area contributed by atoms with E-state index in [2.05, 4.69) is 31.7 Å². The molecule has 0 saturated carbocycles. The molecule has 5 nitrogen and oxygen atoms in total.